The Balaban J connectivity index is -0.00000000317. The monoisotopic (exact) mass is 233 g/mol. The number of rotatable bonds is 0. The molecule has 0 heterocycles. The SMILES string of the molecule is N#[O+].O=[N+](O)O.[Co].[NH2-].[NH2-].[NH2-].[NH2-].[NH2-]. The fourth-order valence-corrected chi connectivity index (χ4v) is 0. The first-order valence-electron chi connectivity index (χ1n) is 0.765. The van der Waals surface area contributed by atoms with E-state index in [9.17, 15) is 0 Å². The van der Waals surface area contributed by atoms with E-state index in [1.165, 1.54) is 0 Å². The molecule has 0 aliphatic rings. The van der Waals surface area contributed by atoms with Gasteiger partial charge in [0.2, 0.25) is 0 Å². The molecule has 0 amide bonds. The minimum atomic E-state index is -1.25. The first kappa shape index (κ1) is 115. The average molecular weight is 233 g/mol. The van der Waals surface area contributed by atoms with Crippen molar-refractivity contribution in [3.8, 4) is 0 Å². The van der Waals surface area contributed by atoms with Gasteiger partial charge >= 0.3 is 15.3 Å². The minimum absolute atomic E-state index is 0. The first-order valence-corrected chi connectivity index (χ1v) is 0.765. The summed E-state index contributed by atoms with van der Waals surface area (Å²) in [7, 11) is 0. The van der Waals surface area contributed by atoms with E-state index < -0.39 is 5.09 Å². The molecule has 11 nitrogen and oxygen atoms in total. The Bertz CT molecular complexity index is 59.7. The molecule has 0 aliphatic heterocycles. The van der Waals surface area contributed by atoms with Crippen LogP contribution in [0.4, 0.5) is 0 Å². The van der Waals surface area contributed by atoms with E-state index in [1.807, 2.05) is 0 Å². The Labute approximate surface area is 79.0 Å². The van der Waals surface area contributed by atoms with E-state index in [0.29, 0.717) is 0 Å². The van der Waals surface area contributed by atoms with E-state index in [2.05, 4.69) is 0 Å². The maximum absolute atomic E-state index is 8.47. The maximum atomic E-state index is 8.47. The van der Waals surface area contributed by atoms with Crippen molar-refractivity contribution >= 4 is 0 Å². The average Bonchev–Trinajstić information content (AvgIpc) is 1.41. The molecule has 0 bridgehead atoms. The quantitative estimate of drug-likeness (QED) is 0.470. The molecule has 0 saturated heterocycles. The van der Waals surface area contributed by atoms with Crippen molar-refractivity contribution in [1.82, 2.24) is 0 Å². The molecule has 0 rings (SSSR count). The minimum Gasteiger partial charge on any atom is -0.693 e. The van der Waals surface area contributed by atoms with Gasteiger partial charge in [0.1, 0.15) is 4.91 Å². The second-order valence-electron chi connectivity index (χ2n) is 0.253. The van der Waals surface area contributed by atoms with Crippen LogP contribution in [0.3, 0.4) is 0 Å². The number of hydrogen-bond acceptors (Lipinski definition) is 2. The zero-order valence-corrected chi connectivity index (χ0v) is 6.87. The third-order valence-electron chi connectivity index (χ3n) is 0. The van der Waals surface area contributed by atoms with Crippen LogP contribution >= 0.6 is 0 Å². The molecule has 12 heteroatoms. The van der Waals surface area contributed by atoms with Crippen LogP contribution in [0.15, 0.2) is 0 Å². The molecule has 0 aliphatic carbocycles. The van der Waals surface area contributed by atoms with Crippen molar-refractivity contribution in [2.75, 3.05) is 0 Å². The molecule has 0 atom stereocenters. The Morgan fingerprint density at radius 3 is 0.917 bits per heavy atom. The van der Waals surface area contributed by atoms with Gasteiger partial charge in [-0.25, -0.2) is 10.4 Å². The molecule has 12 heavy (non-hydrogen) atoms. The molecule has 0 aromatic rings. The van der Waals surface area contributed by atoms with Gasteiger partial charge in [-0.3, -0.25) is 0 Å². The largest absolute Gasteiger partial charge is 0.693 e. The number of hydrogen-bond donors (Lipinski definition) is 2. The van der Waals surface area contributed by atoms with E-state index in [0.717, 1.165) is 0 Å². The summed E-state index contributed by atoms with van der Waals surface area (Å²) in [5.41, 5.74) is 5.75. The third kappa shape index (κ3) is 905. The van der Waals surface area contributed by atoms with Crippen LogP contribution in [-0.2, 0) is 21.6 Å². The maximum Gasteiger partial charge on any atom is 0.472 e. The summed E-state index contributed by atoms with van der Waals surface area (Å²) in [4.78, 5) is 8.47. The summed E-state index contributed by atoms with van der Waals surface area (Å²) in [6, 6.07) is 0. The third-order valence-corrected chi connectivity index (χ3v) is 0. The smallest absolute Gasteiger partial charge is 0.472 e. The zero-order chi connectivity index (χ0) is 5.58. The van der Waals surface area contributed by atoms with Crippen molar-refractivity contribution in [1.29, 1.82) is 5.46 Å². The fraction of sp³-hybridized carbons (Fsp3) is 0. The van der Waals surface area contributed by atoms with E-state index in [1.54, 1.807) is 0 Å². The van der Waals surface area contributed by atoms with Crippen LogP contribution in [0.2, 0.25) is 0 Å². The molecular weight excluding hydrogens is 221 g/mol. The molecule has 0 fully saturated rings. The molecule has 1 radical (unpaired) electrons. The van der Waals surface area contributed by atoms with Crippen molar-refractivity contribution in [2.24, 2.45) is 0 Å². The predicted molar refractivity (Wildman–Crippen MR) is 36.0 cm³/mol. The summed E-state index contributed by atoms with van der Waals surface area (Å²) >= 11 is 0. The second-order valence-corrected chi connectivity index (χ2v) is 0.253. The topological polar surface area (TPSA) is 272 Å². The summed E-state index contributed by atoms with van der Waals surface area (Å²) in [5.74, 6) is 0. The standard InChI is InChI=1S/Co.H2NO3.NO.5H2N/c;2-1(3)4;1-2;;;;;/h;(H2,2,3,4);;5*1H2/q;2*+1;5*-1. The van der Waals surface area contributed by atoms with Crippen molar-refractivity contribution < 1.29 is 37.1 Å². The first-order chi connectivity index (χ1) is 2.73. The second kappa shape index (κ2) is 181. The normalized spacial score (nSPS) is 2.17. The van der Waals surface area contributed by atoms with E-state index in [4.69, 9.17) is 25.6 Å². The summed E-state index contributed by atoms with van der Waals surface area (Å²) in [6.45, 7) is 0. The molecule has 12 N–H and O–H groups in total. The molecular formula is H12CoN7O4-3. The van der Waals surface area contributed by atoms with Gasteiger partial charge in [-0.05, 0) is 0 Å². The Morgan fingerprint density at radius 2 is 0.917 bits per heavy atom. The van der Waals surface area contributed by atoms with Crippen molar-refractivity contribution in [3.63, 3.8) is 0 Å². The molecule has 0 unspecified atom stereocenters. The Kier molecular flexibility index (Phi) is 1730. The van der Waals surface area contributed by atoms with Gasteiger partial charge in [0.05, 0.1) is 0 Å². The molecule has 0 saturated carbocycles. The van der Waals surface area contributed by atoms with Crippen LogP contribution in [-0.4, -0.2) is 15.5 Å². The molecule has 0 aromatic carbocycles. The van der Waals surface area contributed by atoms with Crippen LogP contribution in [0.1, 0.15) is 0 Å². The molecule has 0 aromatic heterocycles. The fourth-order valence-electron chi connectivity index (χ4n) is 0. The van der Waals surface area contributed by atoms with Gasteiger partial charge in [-0.2, -0.15) is 0 Å². The van der Waals surface area contributed by atoms with Crippen LogP contribution < -0.4 is 0 Å². The van der Waals surface area contributed by atoms with E-state index >= 15 is 0 Å². The summed E-state index contributed by atoms with van der Waals surface area (Å²) < 4.78 is 7.25. The number of nitrogens with two attached hydrogens (primary N) is 5. The van der Waals surface area contributed by atoms with E-state index in [-0.39, 0.29) is 47.5 Å². The van der Waals surface area contributed by atoms with Gasteiger partial charge in [-0.1, -0.05) is 0 Å². The van der Waals surface area contributed by atoms with Gasteiger partial charge in [0.15, 0.2) is 0 Å². The summed E-state index contributed by atoms with van der Waals surface area (Å²) in [6.07, 6.45) is 0. The van der Waals surface area contributed by atoms with Crippen molar-refractivity contribution in [3.05, 3.63) is 35.7 Å². The van der Waals surface area contributed by atoms with Crippen LogP contribution in [0, 0.1) is 10.4 Å². The summed E-state index contributed by atoms with van der Waals surface area (Å²) in [5, 5.41) is 12.5. The van der Waals surface area contributed by atoms with Crippen LogP contribution in [0.25, 0.3) is 30.8 Å². The zero-order valence-electron chi connectivity index (χ0n) is 5.83. The van der Waals surface area contributed by atoms with Gasteiger partial charge in [0.25, 0.3) is 0 Å². The molecule has 0 spiro atoms. The van der Waals surface area contributed by atoms with Gasteiger partial charge in [-0.15, -0.1) is 0 Å². The predicted octanol–water partition coefficient (Wildman–Crippen LogP) is 3.02. The van der Waals surface area contributed by atoms with Gasteiger partial charge < -0.3 is 30.8 Å². The van der Waals surface area contributed by atoms with Crippen molar-refractivity contribution in [2.45, 2.75) is 0 Å². The van der Waals surface area contributed by atoms with Crippen LogP contribution in [0.5, 0.6) is 0 Å². The Hall–Kier alpha value is -0.824. The number of nitrogens with zero attached hydrogens (tertiary/aromatic N) is 2. The van der Waals surface area contributed by atoms with Gasteiger partial charge in [0, 0.05) is 16.8 Å². The molecule has 83 valence electrons. The Morgan fingerprint density at radius 1 is 0.917 bits per heavy atom.